The van der Waals surface area contributed by atoms with Gasteiger partial charge in [0.25, 0.3) is 0 Å². The number of nitrogens with one attached hydrogen (secondary N) is 3. The monoisotopic (exact) mass is 414 g/mol. The maximum absolute atomic E-state index is 11.2. The standard InChI is InChI=1S/C22H18N6O3/c1-13(29)25-16-3-5-17(6-4-16)26-22-20(27-21-15(11-23)12-24-28(21)22)14-2-7-18-19(10-14)31-9-8-30-18/h2-7,10,12,26-27H,8-9H2,1H3,(H,25,29). The molecule has 3 heterocycles. The van der Waals surface area contributed by atoms with Crippen LogP contribution in [-0.4, -0.2) is 33.7 Å². The third-order valence-corrected chi connectivity index (χ3v) is 4.88. The van der Waals surface area contributed by atoms with Crippen molar-refractivity contribution in [2.45, 2.75) is 6.92 Å². The highest BCUT2D eigenvalue weighted by Crippen LogP contribution is 2.38. The van der Waals surface area contributed by atoms with Gasteiger partial charge in [-0.1, -0.05) is 0 Å². The first-order chi connectivity index (χ1) is 15.1. The van der Waals surface area contributed by atoms with Crippen molar-refractivity contribution < 1.29 is 14.3 Å². The summed E-state index contributed by atoms with van der Waals surface area (Å²) < 4.78 is 13.0. The molecule has 9 nitrogen and oxygen atoms in total. The topological polar surface area (TPSA) is 116 Å². The Hall–Kier alpha value is -4.45. The number of aromatic amines is 1. The number of anilines is 3. The maximum Gasteiger partial charge on any atom is 0.221 e. The molecule has 4 aromatic rings. The Bertz CT molecular complexity index is 1330. The summed E-state index contributed by atoms with van der Waals surface area (Å²) in [5.74, 6) is 1.91. The van der Waals surface area contributed by atoms with Crippen LogP contribution < -0.4 is 20.1 Å². The molecule has 0 aliphatic carbocycles. The lowest BCUT2D eigenvalue weighted by Crippen LogP contribution is -2.15. The third-order valence-electron chi connectivity index (χ3n) is 4.88. The number of H-pyrrole nitrogens is 1. The van der Waals surface area contributed by atoms with Gasteiger partial charge in [-0.25, -0.2) is 0 Å². The van der Waals surface area contributed by atoms with Crippen LogP contribution >= 0.6 is 0 Å². The second-order valence-corrected chi connectivity index (χ2v) is 7.02. The minimum absolute atomic E-state index is 0.130. The fraction of sp³-hybridized carbons (Fsp3) is 0.136. The smallest absolute Gasteiger partial charge is 0.221 e. The molecule has 3 N–H and O–H groups in total. The Morgan fingerprint density at radius 3 is 2.61 bits per heavy atom. The summed E-state index contributed by atoms with van der Waals surface area (Å²) in [4.78, 5) is 14.6. The average Bonchev–Trinajstić information content (AvgIpc) is 3.34. The largest absolute Gasteiger partial charge is 0.486 e. The van der Waals surface area contributed by atoms with Gasteiger partial charge in [-0.2, -0.15) is 14.9 Å². The molecule has 0 spiro atoms. The van der Waals surface area contributed by atoms with E-state index < -0.39 is 0 Å². The number of nitrogens with zero attached hydrogens (tertiary/aromatic N) is 3. The number of hydrogen-bond donors (Lipinski definition) is 3. The molecule has 0 fully saturated rings. The van der Waals surface area contributed by atoms with E-state index in [0.29, 0.717) is 47.4 Å². The van der Waals surface area contributed by atoms with Crippen molar-refractivity contribution >= 4 is 28.7 Å². The fourth-order valence-electron chi connectivity index (χ4n) is 3.50. The van der Waals surface area contributed by atoms with Crippen LogP contribution in [0.4, 0.5) is 17.2 Å². The van der Waals surface area contributed by atoms with E-state index in [1.54, 1.807) is 16.6 Å². The number of hydrogen-bond acceptors (Lipinski definition) is 6. The van der Waals surface area contributed by atoms with Gasteiger partial charge in [0.1, 0.15) is 24.8 Å². The molecule has 0 unspecified atom stereocenters. The molecule has 2 aromatic heterocycles. The summed E-state index contributed by atoms with van der Waals surface area (Å²) in [6, 6.07) is 15.2. The highest BCUT2D eigenvalue weighted by Gasteiger charge is 2.20. The van der Waals surface area contributed by atoms with Gasteiger partial charge in [-0.15, -0.1) is 0 Å². The zero-order valence-electron chi connectivity index (χ0n) is 16.6. The molecule has 31 heavy (non-hydrogen) atoms. The predicted octanol–water partition coefficient (Wildman–Crippen LogP) is 3.67. The molecule has 154 valence electrons. The number of aromatic nitrogens is 3. The van der Waals surface area contributed by atoms with Gasteiger partial charge >= 0.3 is 0 Å². The van der Waals surface area contributed by atoms with Crippen molar-refractivity contribution in [3.05, 3.63) is 54.2 Å². The predicted molar refractivity (Wildman–Crippen MR) is 115 cm³/mol. The van der Waals surface area contributed by atoms with Crippen LogP contribution in [0, 0.1) is 11.3 Å². The molecule has 5 rings (SSSR count). The maximum atomic E-state index is 11.2. The lowest BCUT2D eigenvalue weighted by Gasteiger charge is -2.19. The molecule has 1 aliphatic rings. The third kappa shape index (κ3) is 3.40. The number of nitriles is 1. The normalized spacial score (nSPS) is 12.4. The Balaban J connectivity index is 1.57. The zero-order chi connectivity index (χ0) is 21.4. The lowest BCUT2D eigenvalue weighted by molar-refractivity contribution is -0.114. The van der Waals surface area contributed by atoms with Gasteiger partial charge in [-0.05, 0) is 42.5 Å². The fourth-order valence-corrected chi connectivity index (χ4v) is 3.50. The lowest BCUT2D eigenvalue weighted by atomic mass is 10.1. The Morgan fingerprint density at radius 1 is 1.13 bits per heavy atom. The summed E-state index contributed by atoms with van der Waals surface area (Å²) in [6.07, 6.45) is 1.52. The quantitative estimate of drug-likeness (QED) is 0.469. The number of amides is 1. The number of fused-ring (bicyclic) bond motifs is 2. The zero-order valence-corrected chi connectivity index (χ0v) is 16.6. The molecule has 0 saturated carbocycles. The van der Waals surface area contributed by atoms with E-state index in [4.69, 9.17) is 9.47 Å². The molecule has 0 saturated heterocycles. The summed E-state index contributed by atoms with van der Waals surface area (Å²) >= 11 is 0. The summed E-state index contributed by atoms with van der Waals surface area (Å²) in [7, 11) is 0. The minimum Gasteiger partial charge on any atom is -0.486 e. The first-order valence-corrected chi connectivity index (χ1v) is 9.67. The number of rotatable bonds is 4. The van der Waals surface area contributed by atoms with Gasteiger partial charge in [0.2, 0.25) is 5.91 Å². The summed E-state index contributed by atoms with van der Waals surface area (Å²) in [5, 5.41) is 19.9. The number of benzene rings is 2. The molecule has 0 bridgehead atoms. The number of imidazole rings is 1. The van der Waals surface area contributed by atoms with E-state index in [2.05, 4.69) is 26.8 Å². The van der Waals surface area contributed by atoms with Crippen molar-refractivity contribution in [1.29, 1.82) is 5.26 Å². The van der Waals surface area contributed by atoms with Crippen molar-refractivity contribution in [3.63, 3.8) is 0 Å². The number of carbonyl (C=O) groups excluding carboxylic acids is 1. The van der Waals surface area contributed by atoms with E-state index in [-0.39, 0.29) is 5.91 Å². The minimum atomic E-state index is -0.130. The van der Waals surface area contributed by atoms with Gasteiger partial charge in [0.15, 0.2) is 23.0 Å². The highest BCUT2D eigenvalue weighted by atomic mass is 16.6. The van der Waals surface area contributed by atoms with Gasteiger partial charge < -0.3 is 25.1 Å². The molecule has 9 heteroatoms. The second-order valence-electron chi connectivity index (χ2n) is 7.02. The molecule has 2 aromatic carbocycles. The van der Waals surface area contributed by atoms with Crippen LogP contribution in [-0.2, 0) is 4.79 Å². The van der Waals surface area contributed by atoms with Crippen LogP contribution in [0.15, 0.2) is 48.7 Å². The van der Waals surface area contributed by atoms with E-state index in [1.165, 1.54) is 13.1 Å². The van der Waals surface area contributed by atoms with Crippen LogP contribution in [0.25, 0.3) is 16.9 Å². The van der Waals surface area contributed by atoms with E-state index in [0.717, 1.165) is 16.9 Å². The van der Waals surface area contributed by atoms with Crippen LogP contribution in [0.3, 0.4) is 0 Å². The molecular formula is C22H18N6O3. The van der Waals surface area contributed by atoms with Crippen molar-refractivity contribution in [2.24, 2.45) is 0 Å². The average molecular weight is 414 g/mol. The molecule has 1 aliphatic heterocycles. The van der Waals surface area contributed by atoms with Gasteiger partial charge in [0.05, 0.1) is 11.9 Å². The Labute approximate surface area is 177 Å². The number of ether oxygens (including phenoxy) is 2. The van der Waals surface area contributed by atoms with E-state index >= 15 is 0 Å². The first kappa shape index (κ1) is 18.6. The number of carbonyl (C=O) groups is 1. The van der Waals surface area contributed by atoms with Crippen LogP contribution in [0.2, 0.25) is 0 Å². The van der Waals surface area contributed by atoms with Gasteiger partial charge in [0, 0.05) is 23.9 Å². The second kappa shape index (κ2) is 7.42. The van der Waals surface area contributed by atoms with Crippen LogP contribution in [0.1, 0.15) is 12.5 Å². The van der Waals surface area contributed by atoms with Crippen molar-refractivity contribution in [2.75, 3.05) is 23.8 Å². The van der Waals surface area contributed by atoms with Gasteiger partial charge in [-0.3, -0.25) is 4.79 Å². The van der Waals surface area contributed by atoms with E-state index in [1.807, 2.05) is 30.3 Å². The molecule has 0 atom stereocenters. The molecular weight excluding hydrogens is 396 g/mol. The molecule has 0 radical (unpaired) electrons. The van der Waals surface area contributed by atoms with Crippen LogP contribution in [0.5, 0.6) is 11.5 Å². The Kier molecular flexibility index (Phi) is 4.45. The summed E-state index contributed by atoms with van der Waals surface area (Å²) in [5.41, 5.74) is 4.13. The van der Waals surface area contributed by atoms with E-state index in [9.17, 15) is 10.1 Å². The SMILES string of the molecule is CC(=O)Nc1ccc(Nc2c(-c3ccc4c(c3)OCCO4)[nH]c3c(C#N)cnn23)cc1. The summed E-state index contributed by atoms with van der Waals surface area (Å²) in [6.45, 7) is 2.48. The highest BCUT2D eigenvalue weighted by molar-refractivity contribution is 5.89. The first-order valence-electron chi connectivity index (χ1n) is 9.67. The van der Waals surface area contributed by atoms with Crippen molar-refractivity contribution in [1.82, 2.24) is 14.6 Å². The Morgan fingerprint density at radius 2 is 1.87 bits per heavy atom. The van der Waals surface area contributed by atoms with Crippen molar-refractivity contribution in [3.8, 4) is 28.8 Å². The molecule has 1 amide bonds.